The van der Waals surface area contributed by atoms with Crippen LogP contribution in [0.2, 0.25) is 0 Å². The lowest BCUT2D eigenvalue weighted by Gasteiger charge is -2.08. The third-order valence-corrected chi connectivity index (χ3v) is 6.61. The predicted octanol–water partition coefficient (Wildman–Crippen LogP) is 5.01. The number of hydrogen-bond donors (Lipinski definition) is 3. The van der Waals surface area contributed by atoms with Crippen LogP contribution in [0, 0.1) is 20.8 Å². The van der Waals surface area contributed by atoms with Crippen molar-refractivity contribution < 1.29 is 9.90 Å². The van der Waals surface area contributed by atoms with E-state index in [0.717, 1.165) is 34.0 Å². The molecule has 0 aliphatic heterocycles. The van der Waals surface area contributed by atoms with Crippen molar-refractivity contribution >= 4 is 44.9 Å². The van der Waals surface area contributed by atoms with E-state index in [0.29, 0.717) is 21.1 Å². The Balaban J connectivity index is 1.54. The number of anilines is 1. The van der Waals surface area contributed by atoms with Gasteiger partial charge in [-0.2, -0.15) is 0 Å². The molecule has 0 aliphatic carbocycles. The molecule has 0 saturated heterocycles. The van der Waals surface area contributed by atoms with Crippen molar-refractivity contribution in [1.29, 1.82) is 0 Å². The summed E-state index contributed by atoms with van der Waals surface area (Å²) in [7, 11) is 0. The predicted molar refractivity (Wildman–Crippen MR) is 127 cm³/mol. The number of aryl methyl sites for hydroxylation is 3. The van der Waals surface area contributed by atoms with Crippen LogP contribution in [0.3, 0.4) is 0 Å². The monoisotopic (exact) mass is 451 g/mol. The van der Waals surface area contributed by atoms with E-state index in [2.05, 4.69) is 21.4 Å². The number of aromatic hydroxyl groups is 1. The largest absolute Gasteiger partial charge is 0.506 e. The number of carbonyl (C=O) groups is 1. The van der Waals surface area contributed by atoms with Gasteiger partial charge < -0.3 is 15.4 Å². The number of thioether (sulfide) groups is 1. The Labute approximate surface area is 187 Å². The number of benzene rings is 2. The zero-order valence-corrected chi connectivity index (χ0v) is 18.9. The van der Waals surface area contributed by atoms with E-state index in [9.17, 15) is 14.7 Å². The van der Waals surface area contributed by atoms with Gasteiger partial charge in [-0.15, -0.1) is 11.3 Å². The molecule has 0 bridgehead atoms. The minimum atomic E-state index is -0.296. The number of phenols is 1. The van der Waals surface area contributed by atoms with Crippen molar-refractivity contribution in [3.8, 4) is 16.9 Å². The first-order valence-electron chi connectivity index (χ1n) is 9.63. The van der Waals surface area contributed by atoms with E-state index in [4.69, 9.17) is 0 Å². The van der Waals surface area contributed by atoms with Crippen LogP contribution in [-0.2, 0) is 4.79 Å². The summed E-state index contributed by atoms with van der Waals surface area (Å²) in [6.07, 6.45) is 0. The number of carbonyl (C=O) groups excluding carboxylic acids is 1. The van der Waals surface area contributed by atoms with Crippen molar-refractivity contribution in [2.24, 2.45) is 0 Å². The number of amides is 1. The average molecular weight is 452 g/mol. The van der Waals surface area contributed by atoms with Gasteiger partial charge in [0.05, 0.1) is 16.8 Å². The topological polar surface area (TPSA) is 95.1 Å². The zero-order chi connectivity index (χ0) is 22.1. The summed E-state index contributed by atoms with van der Waals surface area (Å²) in [4.78, 5) is 33.1. The molecule has 0 aliphatic rings. The van der Waals surface area contributed by atoms with Crippen LogP contribution in [0.25, 0.3) is 21.3 Å². The molecule has 3 N–H and O–H groups in total. The lowest BCUT2D eigenvalue weighted by molar-refractivity contribution is -0.113. The van der Waals surface area contributed by atoms with Gasteiger partial charge in [0.25, 0.3) is 5.56 Å². The highest BCUT2D eigenvalue weighted by Crippen LogP contribution is 2.33. The molecule has 0 radical (unpaired) electrons. The zero-order valence-electron chi connectivity index (χ0n) is 17.3. The number of nitrogens with one attached hydrogen (secondary N) is 2. The highest BCUT2D eigenvalue weighted by Gasteiger charge is 2.15. The molecule has 0 unspecified atom stereocenters. The maximum atomic E-state index is 12.8. The van der Waals surface area contributed by atoms with Crippen LogP contribution in [0.15, 0.2) is 51.7 Å². The van der Waals surface area contributed by atoms with Crippen LogP contribution in [0.4, 0.5) is 5.69 Å². The fourth-order valence-electron chi connectivity index (χ4n) is 3.38. The maximum absolute atomic E-state index is 12.8. The van der Waals surface area contributed by atoms with Gasteiger partial charge in [-0.3, -0.25) is 9.59 Å². The summed E-state index contributed by atoms with van der Waals surface area (Å²) in [6, 6.07) is 11.1. The molecule has 1 amide bonds. The van der Waals surface area contributed by atoms with Crippen molar-refractivity contribution in [2.75, 3.05) is 11.1 Å². The van der Waals surface area contributed by atoms with Crippen LogP contribution in [0.5, 0.6) is 5.75 Å². The van der Waals surface area contributed by atoms with Crippen LogP contribution in [0.1, 0.15) is 16.7 Å². The van der Waals surface area contributed by atoms with E-state index >= 15 is 0 Å². The molecule has 4 aromatic rings. The molecule has 8 heteroatoms. The molecule has 0 spiro atoms. The van der Waals surface area contributed by atoms with E-state index in [1.165, 1.54) is 23.0 Å². The molecule has 0 atom stereocenters. The second-order valence-electron chi connectivity index (χ2n) is 7.38. The summed E-state index contributed by atoms with van der Waals surface area (Å²) in [5, 5.41) is 15.5. The summed E-state index contributed by atoms with van der Waals surface area (Å²) >= 11 is 2.56. The Morgan fingerprint density at radius 3 is 2.65 bits per heavy atom. The molecular weight excluding hydrogens is 430 g/mol. The lowest BCUT2D eigenvalue weighted by atomic mass is 9.99. The molecule has 6 nitrogen and oxygen atoms in total. The number of aromatic amines is 1. The van der Waals surface area contributed by atoms with Gasteiger partial charge in [0, 0.05) is 10.9 Å². The number of thiophene rings is 1. The van der Waals surface area contributed by atoms with Gasteiger partial charge >= 0.3 is 0 Å². The van der Waals surface area contributed by atoms with Gasteiger partial charge in [-0.25, -0.2) is 4.98 Å². The average Bonchev–Trinajstić information content (AvgIpc) is 3.13. The highest BCUT2D eigenvalue weighted by atomic mass is 32.2. The molecule has 2 heterocycles. The van der Waals surface area contributed by atoms with Crippen LogP contribution < -0.4 is 10.9 Å². The quantitative estimate of drug-likeness (QED) is 0.225. The first-order valence-corrected chi connectivity index (χ1v) is 11.5. The minimum Gasteiger partial charge on any atom is -0.506 e. The lowest BCUT2D eigenvalue weighted by Crippen LogP contribution is -2.15. The first kappa shape index (κ1) is 21.1. The Kier molecular flexibility index (Phi) is 5.84. The Hall–Kier alpha value is -3.10. The molecule has 4 rings (SSSR count). The Morgan fingerprint density at radius 1 is 1.13 bits per heavy atom. The number of phenolic OH excluding ortho intramolecular Hbond substituents is 1. The fourth-order valence-corrected chi connectivity index (χ4v) is 5.04. The van der Waals surface area contributed by atoms with Gasteiger partial charge in [-0.05, 0) is 49.6 Å². The third kappa shape index (κ3) is 4.50. The van der Waals surface area contributed by atoms with Gasteiger partial charge in [-0.1, -0.05) is 41.6 Å². The normalized spacial score (nSPS) is 11.1. The van der Waals surface area contributed by atoms with E-state index in [1.54, 1.807) is 12.1 Å². The molecule has 2 aromatic heterocycles. The van der Waals surface area contributed by atoms with Crippen LogP contribution in [-0.4, -0.2) is 26.7 Å². The number of aromatic nitrogens is 2. The highest BCUT2D eigenvalue weighted by molar-refractivity contribution is 7.99. The number of hydrogen-bond acceptors (Lipinski definition) is 6. The second-order valence-corrected chi connectivity index (χ2v) is 9.20. The van der Waals surface area contributed by atoms with Crippen molar-refractivity contribution in [1.82, 2.24) is 9.97 Å². The van der Waals surface area contributed by atoms with Crippen LogP contribution >= 0.6 is 23.1 Å². The van der Waals surface area contributed by atoms with Gasteiger partial charge in [0.1, 0.15) is 10.6 Å². The molecule has 31 heavy (non-hydrogen) atoms. The fraction of sp³-hybridized carbons (Fsp3) is 0.174. The Morgan fingerprint density at radius 2 is 1.87 bits per heavy atom. The minimum absolute atomic E-state index is 0.00872. The molecular formula is C23H21N3O3S2. The van der Waals surface area contributed by atoms with E-state index in [1.807, 2.05) is 38.3 Å². The Bertz CT molecular complexity index is 1360. The number of fused-ring (bicyclic) bond motifs is 1. The van der Waals surface area contributed by atoms with E-state index < -0.39 is 0 Å². The SMILES string of the molecule is Cc1ccc(-c2csc3nc(SCC(=O)Nc4cc(C)ccc4O)[nH]c(=O)c23)c(C)c1. The third-order valence-electron chi connectivity index (χ3n) is 4.86. The number of rotatable bonds is 5. The molecule has 158 valence electrons. The molecule has 2 aromatic carbocycles. The van der Waals surface area contributed by atoms with Gasteiger partial charge in [0.15, 0.2) is 5.16 Å². The number of H-pyrrole nitrogens is 1. The summed E-state index contributed by atoms with van der Waals surface area (Å²) in [5.41, 5.74) is 5.23. The van der Waals surface area contributed by atoms with Crippen molar-refractivity contribution in [2.45, 2.75) is 25.9 Å². The molecule has 0 fully saturated rings. The van der Waals surface area contributed by atoms with Crippen molar-refractivity contribution in [3.05, 3.63) is 68.8 Å². The summed E-state index contributed by atoms with van der Waals surface area (Å²) in [5.74, 6) is -0.234. The molecule has 0 saturated carbocycles. The smallest absolute Gasteiger partial charge is 0.260 e. The van der Waals surface area contributed by atoms with E-state index in [-0.39, 0.29) is 23.0 Å². The first-order chi connectivity index (χ1) is 14.8. The standard InChI is InChI=1S/C23H21N3O3S2/c1-12-4-6-15(14(3)8-12)16-10-30-22-20(16)21(29)25-23(26-22)31-11-19(28)24-17-9-13(2)5-7-18(17)27/h4-10,27H,11H2,1-3H3,(H,24,28)(H,25,26,29). The summed E-state index contributed by atoms with van der Waals surface area (Å²) < 4.78 is 0. The second kappa shape index (κ2) is 8.56. The van der Waals surface area contributed by atoms with Gasteiger partial charge in [0.2, 0.25) is 5.91 Å². The summed E-state index contributed by atoms with van der Waals surface area (Å²) in [6.45, 7) is 5.94. The van der Waals surface area contributed by atoms with Crippen molar-refractivity contribution in [3.63, 3.8) is 0 Å². The number of nitrogens with zero attached hydrogens (tertiary/aromatic N) is 1. The maximum Gasteiger partial charge on any atom is 0.260 e.